The minimum Gasteiger partial charge on any atom is -0.466 e. The van der Waals surface area contributed by atoms with Crippen LogP contribution in [0.3, 0.4) is 0 Å². The second kappa shape index (κ2) is 7.54. The van der Waals surface area contributed by atoms with Gasteiger partial charge < -0.3 is 10.1 Å². The van der Waals surface area contributed by atoms with Crippen molar-refractivity contribution in [2.45, 2.75) is 26.8 Å². The van der Waals surface area contributed by atoms with E-state index in [9.17, 15) is 4.79 Å². The first kappa shape index (κ1) is 15.2. The van der Waals surface area contributed by atoms with Gasteiger partial charge in [-0.25, -0.2) is 0 Å². The summed E-state index contributed by atoms with van der Waals surface area (Å²) in [6.45, 7) is 6.83. The van der Waals surface area contributed by atoms with Crippen molar-refractivity contribution in [1.29, 1.82) is 0 Å². The highest BCUT2D eigenvalue weighted by atomic mass is 79.9. The highest BCUT2D eigenvalue weighted by Crippen LogP contribution is 2.18. The quantitative estimate of drug-likeness (QED) is 0.819. The average molecular weight is 314 g/mol. The molecule has 18 heavy (non-hydrogen) atoms. The Kier molecular flexibility index (Phi) is 6.36. The minimum absolute atomic E-state index is 0.125. The summed E-state index contributed by atoms with van der Waals surface area (Å²) < 4.78 is 6.04. The van der Waals surface area contributed by atoms with Crippen LogP contribution in [0.4, 0.5) is 0 Å². The van der Waals surface area contributed by atoms with Crippen LogP contribution in [0.1, 0.15) is 32.4 Å². The summed E-state index contributed by atoms with van der Waals surface area (Å²) in [7, 11) is 0. The minimum atomic E-state index is -0.147. The fourth-order valence-corrected chi connectivity index (χ4v) is 2.03. The Bertz CT molecular complexity index is 395. The van der Waals surface area contributed by atoms with Gasteiger partial charge in [-0.05, 0) is 31.5 Å². The van der Waals surface area contributed by atoms with Gasteiger partial charge >= 0.3 is 5.97 Å². The molecule has 1 aromatic rings. The van der Waals surface area contributed by atoms with Crippen molar-refractivity contribution in [3.63, 3.8) is 0 Å². The number of ether oxygens (including phenoxy) is 1. The Balaban J connectivity index is 2.46. The van der Waals surface area contributed by atoms with Crippen LogP contribution in [0.15, 0.2) is 28.7 Å². The van der Waals surface area contributed by atoms with Gasteiger partial charge in [0.25, 0.3) is 0 Å². The molecule has 3 nitrogen and oxygen atoms in total. The summed E-state index contributed by atoms with van der Waals surface area (Å²) in [5.41, 5.74) is 1.19. The van der Waals surface area contributed by atoms with Gasteiger partial charge in [0.2, 0.25) is 0 Å². The second-order valence-electron chi connectivity index (χ2n) is 4.34. The Morgan fingerprint density at radius 2 is 2.17 bits per heavy atom. The van der Waals surface area contributed by atoms with Crippen molar-refractivity contribution in [2.75, 3.05) is 13.2 Å². The highest BCUT2D eigenvalue weighted by Gasteiger charge is 2.15. The van der Waals surface area contributed by atoms with E-state index < -0.39 is 0 Å². The maximum Gasteiger partial charge on any atom is 0.309 e. The maximum atomic E-state index is 11.5. The Hall–Kier alpha value is -0.870. The monoisotopic (exact) mass is 313 g/mol. The average Bonchev–Trinajstić information content (AvgIpc) is 2.35. The van der Waals surface area contributed by atoms with Gasteiger partial charge in [-0.2, -0.15) is 0 Å². The van der Waals surface area contributed by atoms with Crippen molar-refractivity contribution < 1.29 is 9.53 Å². The Labute approximate surface area is 117 Å². The molecule has 1 N–H and O–H groups in total. The van der Waals surface area contributed by atoms with Gasteiger partial charge in [0.05, 0.1) is 12.5 Å². The number of rotatable bonds is 6. The number of carbonyl (C=O) groups excluding carboxylic acids is 1. The molecule has 1 unspecified atom stereocenters. The molecule has 0 amide bonds. The topological polar surface area (TPSA) is 38.3 Å². The molecule has 0 spiro atoms. The summed E-state index contributed by atoms with van der Waals surface area (Å²) in [4.78, 5) is 11.5. The van der Waals surface area contributed by atoms with Gasteiger partial charge in [0.15, 0.2) is 0 Å². The predicted octanol–water partition coefficient (Wildman–Crippen LogP) is 3.30. The first-order valence-electron chi connectivity index (χ1n) is 6.20. The molecule has 0 aliphatic rings. The standard InChI is InChI=1S/C14H20BrNO2/c1-4-18-14(17)10(2)9-16-11(3)12-6-5-7-13(15)8-12/h5-8,10-11,16H,4,9H2,1-3H3/t10?,11-/m1/s1. The van der Waals surface area contributed by atoms with Crippen molar-refractivity contribution >= 4 is 21.9 Å². The van der Waals surface area contributed by atoms with Crippen LogP contribution in [0.5, 0.6) is 0 Å². The number of esters is 1. The van der Waals surface area contributed by atoms with Gasteiger partial charge in [-0.15, -0.1) is 0 Å². The van der Waals surface area contributed by atoms with E-state index in [1.165, 1.54) is 5.56 Å². The summed E-state index contributed by atoms with van der Waals surface area (Å²) in [6.07, 6.45) is 0. The lowest BCUT2D eigenvalue weighted by molar-refractivity contribution is -0.147. The molecule has 0 aliphatic carbocycles. The van der Waals surface area contributed by atoms with Gasteiger partial charge in [-0.1, -0.05) is 35.0 Å². The van der Waals surface area contributed by atoms with Crippen LogP contribution >= 0.6 is 15.9 Å². The van der Waals surface area contributed by atoms with Crippen LogP contribution < -0.4 is 5.32 Å². The van der Waals surface area contributed by atoms with E-state index in [-0.39, 0.29) is 17.9 Å². The number of halogens is 1. The lowest BCUT2D eigenvalue weighted by atomic mass is 10.1. The fourth-order valence-electron chi connectivity index (χ4n) is 1.62. The zero-order valence-corrected chi connectivity index (χ0v) is 12.7. The lowest BCUT2D eigenvalue weighted by Crippen LogP contribution is -2.29. The van der Waals surface area contributed by atoms with Crippen molar-refractivity contribution in [2.24, 2.45) is 5.92 Å². The van der Waals surface area contributed by atoms with E-state index in [0.29, 0.717) is 13.2 Å². The first-order valence-corrected chi connectivity index (χ1v) is 6.99. The molecule has 4 heteroatoms. The molecule has 2 atom stereocenters. The fraction of sp³-hybridized carbons (Fsp3) is 0.500. The highest BCUT2D eigenvalue weighted by molar-refractivity contribution is 9.10. The molecule has 0 bridgehead atoms. The van der Waals surface area contributed by atoms with E-state index >= 15 is 0 Å². The molecule has 0 saturated carbocycles. The number of carbonyl (C=O) groups is 1. The Morgan fingerprint density at radius 3 is 2.78 bits per heavy atom. The SMILES string of the molecule is CCOC(=O)C(C)CN[C@H](C)c1cccc(Br)c1. The maximum absolute atomic E-state index is 11.5. The molecule has 100 valence electrons. The third-order valence-corrected chi connectivity index (χ3v) is 3.26. The molecule has 0 saturated heterocycles. The molecule has 0 fully saturated rings. The van der Waals surface area contributed by atoms with Crippen LogP contribution in [-0.2, 0) is 9.53 Å². The smallest absolute Gasteiger partial charge is 0.309 e. The number of nitrogens with one attached hydrogen (secondary N) is 1. The number of benzene rings is 1. The van der Waals surface area contributed by atoms with Crippen LogP contribution in [0, 0.1) is 5.92 Å². The Morgan fingerprint density at radius 1 is 1.44 bits per heavy atom. The largest absolute Gasteiger partial charge is 0.466 e. The van der Waals surface area contributed by atoms with E-state index in [2.05, 4.69) is 40.3 Å². The zero-order chi connectivity index (χ0) is 13.5. The zero-order valence-electron chi connectivity index (χ0n) is 11.1. The molecule has 1 rings (SSSR count). The van der Waals surface area contributed by atoms with Crippen LogP contribution in [0.25, 0.3) is 0 Å². The lowest BCUT2D eigenvalue weighted by Gasteiger charge is -2.17. The van der Waals surface area contributed by atoms with Gasteiger partial charge in [-0.3, -0.25) is 4.79 Å². The van der Waals surface area contributed by atoms with Gasteiger partial charge in [0.1, 0.15) is 0 Å². The van der Waals surface area contributed by atoms with E-state index in [1.807, 2.05) is 26.0 Å². The first-order chi connectivity index (χ1) is 8.54. The van der Waals surface area contributed by atoms with E-state index in [0.717, 1.165) is 4.47 Å². The summed E-state index contributed by atoms with van der Waals surface area (Å²) in [5, 5.41) is 3.34. The molecular weight excluding hydrogens is 294 g/mol. The van der Waals surface area contributed by atoms with Crippen LogP contribution in [-0.4, -0.2) is 19.1 Å². The number of hydrogen-bond donors (Lipinski definition) is 1. The van der Waals surface area contributed by atoms with Crippen molar-refractivity contribution in [1.82, 2.24) is 5.32 Å². The summed E-state index contributed by atoms with van der Waals surface area (Å²) in [6, 6.07) is 8.35. The molecule has 0 aromatic heterocycles. The molecule has 0 heterocycles. The van der Waals surface area contributed by atoms with E-state index in [4.69, 9.17) is 4.74 Å². The van der Waals surface area contributed by atoms with Gasteiger partial charge in [0, 0.05) is 17.1 Å². The molecule has 0 radical (unpaired) electrons. The van der Waals surface area contributed by atoms with Crippen molar-refractivity contribution in [3.05, 3.63) is 34.3 Å². The predicted molar refractivity (Wildman–Crippen MR) is 76.4 cm³/mol. The summed E-state index contributed by atoms with van der Waals surface area (Å²) >= 11 is 3.45. The van der Waals surface area contributed by atoms with Crippen molar-refractivity contribution in [3.8, 4) is 0 Å². The third-order valence-electron chi connectivity index (χ3n) is 2.77. The molecular formula is C14H20BrNO2. The third kappa shape index (κ3) is 4.78. The van der Waals surface area contributed by atoms with E-state index in [1.54, 1.807) is 0 Å². The molecule has 0 aliphatic heterocycles. The second-order valence-corrected chi connectivity index (χ2v) is 5.25. The summed E-state index contributed by atoms with van der Waals surface area (Å²) in [5.74, 6) is -0.272. The molecule has 1 aromatic carbocycles. The number of hydrogen-bond acceptors (Lipinski definition) is 3. The van der Waals surface area contributed by atoms with Crippen LogP contribution in [0.2, 0.25) is 0 Å². The normalized spacial score (nSPS) is 14.0.